The number of amides is 1. The molecule has 0 bridgehead atoms. The van der Waals surface area contributed by atoms with E-state index in [4.69, 9.17) is 9.26 Å². The highest BCUT2D eigenvalue weighted by molar-refractivity contribution is 5.91. The molecule has 2 heterocycles. The van der Waals surface area contributed by atoms with Crippen molar-refractivity contribution < 1.29 is 14.1 Å². The highest BCUT2D eigenvalue weighted by atomic mass is 16.5. The Morgan fingerprint density at radius 3 is 2.38 bits per heavy atom. The summed E-state index contributed by atoms with van der Waals surface area (Å²) in [4.78, 5) is 21.7. The van der Waals surface area contributed by atoms with Crippen LogP contribution in [0.2, 0.25) is 0 Å². The van der Waals surface area contributed by atoms with Gasteiger partial charge in [0, 0.05) is 44.0 Å². The standard InChI is InChI=1S/C24H29N5O3/c1-3-28-12-14-29(15-13-28)17-18-4-8-20(9-5-18)25-22(30)16-23-26-24(27-32-23)19-6-10-21(31-2)11-7-19/h4-11H,3,12-17H2,1-2H3,(H,25,30). The molecule has 3 aromatic rings. The summed E-state index contributed by atoms with van der Waals surface area (Å²) in [7, 11) is 1.61. The third-order valence-corrected chi connectivity index (χ3v) is 5.68. The highest BCUT2D eigenvalue weighted by Gasteiger charge is 2.16. The number of rotatable bonds is 8. The molecule has 1 N–H and O–H groups in total. The van der Waals surface area contributed by atoms with E-state index >= 15 is 0 Å². The summed E-state index contributed by atoms with van der Waals surface area (Å²) in [6.07, 6.45) is 0.0204. The first kappa shape index (κ1) is 22.0. The first-order valence-corrected chi connectivity index (χ1v) is 10.9. The topological polar surface area (TPSA) is 83.7 Å². The van der Waals surface area contributed by atoms with Gasteiger partial charge in [0.15, 0.2) is 0 Å². The normalized spacial score (nSPS) is 14.9. The third kappa shape index (κ3) is 5.72. The van der Waals surface area contributed by atoms with Crippen LogP contribution in [0.25, 0.3) is 11.4 Å². The van der Waals surface area contributed by atoms with Gasteiger partial charge >= 0.3 is 0 Å². The van der Waals surface area contributed by atoms with Crippen molar-refractivity contribution in [1.29, 1.82) is 0 Å². The van der Waals surface area contributed by atoms with Crippen LogP contribution < -0.4 is 10.1 Å². The van der Waals surface area contributed by atoms with Crippen molar-refractivity contribution in [2.75, 3.05) is 45.2 Å². The number of aromatic nitrogens is 2. The van der Waals surface area contributed by atoms with Crippen LogP contribution in [0, 0.1) is 0 Å². The number of likely N-dealkylation sites (N-methyl/N-ethyl adjacent to an activating group) is 1. The number of hydrogen-bond acceptors (Lipinski definition) is 7. The van der Waals surface area contributed by atoms with Crippen LogP contribution in [0.15, 0.2) is 53.1 Å². The second-order valence-corrected chi connectivity index (χ2v) is 7.87. The maximum absolute atomic E-state index is 12.4. The van der Waals surface area contributed by atoms with Crippen LogP contribution >= 0.6 is 0 Å². The predicted molar refractivity (Wildman–Crippen MR) is 122 cm³/mol. The van der Waals surface area contributed by atoms with Crippen LogP contribution in [0.4, 0.5) is 5.69 Å². The lowest BCUT2D eigenvalue weighted by atomic mass is 10.1. The molecule has 1 fully saturated rings. The molecule has 8 nitrogen and oxygen atoms in total. The molecule has 4 rings (SSSR count). The number of ether oxygens (including phenoxy) is 1. The highest BCUT2D eigenvalue weighted by Crippen LogP contribution is 2.20. The minimum Gasteiger partial charge on any atom is -0.497 e. The molecule has 0 atom stereocenters. The average molecular weight is 436 g/mol. The summed E-state index contributed by atoms with van der Waals surface area (Å²) in [5.41, 5.74) is 2.80. The zero-order valence-corrected chi connectivity index (χ0v) is 18.6. The molecule has 0 radical (unpaired) electrons. The Morgan fingerprint density at radius 2 is 1.72 bits per heavy atom. The molecule has 1 aromatic heterocycles. The summed E-state index contributed by atoms with van der Waals surface area (Å²) in [6.45, 7) is 8.70. The zero-order chi connectivity index (χ0) is 22.3. The molecule has 2 aromatic carbocycles. The summed E-state index contributed by atoms with van der Waals surface area (Å²) >= 11 is 0. The molecule has 1 amide bonds. The van der Waals surface area contributed by atoms with Crippen molar-refractivity contribution in [3.63, 3.8) is 0 Å². The number of methoxy groups -OCH3 is 1. The lowest BCUT2D eigenvalue weighted by molar-refractivity contribution is -0.115. The number of benzene rings is 2. The summed E-state index contributed by atoms with van der Waals surface area (Å²) < 4.78 is 10.4. The van der Waals surface area contributed by atoms with Gasteiger partial charge in [-0.15, -0.1) is 0 Å². The van der Waals surface area contributed by atoms with Gasteiger partial charge in [0.1, 0.15) is 12.2 Å². The molecule has 0 aliphatic carbocycles. The fourth-order valence-corrected chi connectivity index (χ4v) is 3.74. The number of hydrogen-bond donors (Lipinski definition) is 1. The minimum absolute atomic E-state index is 0.0204. The molecule has 1 saturated heterocycles. The lowest BCUT2D eigenvalue weighted by Crippen LogP contribution is -2.45. The van der Waals surface area contributed by atoms with E-state index < -0.39 is 0 Å². The maximum atomic E-state index is 12.4. The van der Waals surface area contributed by atoms with Crippen molar-refractivity contribution in [3.05, 3.63) is 60.0 Å². The van der Waals surface area contributed by atoms with Gasteiger partial charge < -0.3 is 19.5 Å². The Hall–Kier alpha value is -3.23. The number of anilines is 1. The van der Waals surface area contributed by atoms with E-state index in [1.807, 2.05) is 36.4 Å². The molecule has 0 spiro atoms. The first-order valence-electron chi connectivity index (χ1n) is 10.9. The molecule has 1 aliphatic rings. The van der Waals surface area contributed by atoms with Crippen LogP contribution in [-0.2, 0) is 17.8 Å². The van der Waals surface area contributed by atoms with E-state index in [-0.39, 0.29) is 18.2 Å². The molecule has 0 unspecified atom stereocenters. The average Bonchev–Trinajstić information content (AvgIpc) is 3.29. The van der Waals surface area contributed by atoms with Crippen LogP contribution in [-0.4, -0.2) is 65.7 Å². The fourth-order valence-electron chi connectivity index (χ4n) is 3.74. The lowest BCUT2D eigenvalue weighted by Gasteiger charge is -2.34. The molecule has 1 aliphatic heterocycles. The van der Waals surface area contributed by atoms with Crippen LogP contribution in [0.1, 0.15) is 18.4 Å². The smallest absolute Gasteiger partial charge is 0.236 e. The van der Waals surface area contributed by atoms with E-state index in [9.17, 15) is 4.79 Å². The van der Waals surface area contributed by atoms with Crippen LogP contribution in [0.3, 0.4) is 0 Å². The van der Waals surface area contributed by atoms with Gasteiger partial charge in [-0.2, -0.15) is 4.98 Å². The summed E-state index contributed by atoms with van der Waals surface area (Å²) in [5, 5.41) is 6.86. The monoisotopic (exact) mass is 435 g/mol. The van der Waals surface area contributed by atoms with Crippen molar-refractivity contribution in [1.82, 2.24) is 19.9 Å². The largest absolute Gasteiger partial charge is 0.497 e. The molecule has 168 valence electrons. The second-order valence-electron chi connectivity index (χ2n) is 7.87. The van der Waals surface area contributed by atoms with Crippen molar-refractivity contribution in [2.24, 2.45) is 0 Å². The first-order chi connectivity index (χ1) is 15.6. The van der Waals surface area contributed by atoms with Crippen LogP contribution in [0.5, 0.6) is 5.75 Å². The number of nitrogens with zero attached hydrogens (tertiary/aromatic N) is 4. The van der Waals surface area contributed by atoms with Gasteiger partial charge in [-0.25, -0.2) is 0 Å². The van der Waals surface area contributed by atoms with Gasteiger partial charge in [0.25, 0.3) is 0 Å². The Bertz CT molecular complexity index is 1010. The van der Waals surface area contributed by atoms with Crippen molar-refractivity contribution in [2.45, 2.75) is 19.9 Å². The van der Waals surface area contributed by atoms with Gasteiger partial charge in [0.05, 0.1) is 7.11 Å². The zero-order valence-electron chi connectivity index (χ0n) is 18.6. The van der Waals surface area contributed by atoms with E-state index in [1.165, 1.54) is 5.56 Å². The summed E-state index contributed by atoms with van der Waals surface area (Å²) in [5.74, 6) is 1.27. The van der Waals surface area contributed by atoms with E-state index in [2.05, 4.69) is 44.3 Å². The number of carbonyl (C=O) groups is 1. The molecule has 0 saturated carbocycles. The van der Waals surface area contributed by atoms with Gasteiger partial charge in [0.2, 0.25) is 17.6 Å². The Balaban J connectivity index is 1.27. The SMILES string of the molecule is CCN1CCN(Cc2ccc(NC(=O)Cc3nc(-c4ccc(OC)cc4)no3)cc2)CC1. The van der Waals surface area contributed by atoms with E-state index in [0.717, 1.165) is 56.3 Å². The maximum Gasteiger partial charge on any atom is 0.236 e. The quantitative estimate of drug-likeness (QED) is 0.582. The number of piperazine rings is 1. The Kier molecular flexibility index (Phi) is 7.14. The predicted octanol–water partition coefficient (Wildman–Crippen LogP) is 3.06. The molecular weight excluding hydrogens is 406 g/mol. The number of carbonyl (C=O) groups excluding carboxylic acids is 1. The molecular formula is C24H29N5O3. The second kappa shape index (κ2) is 10.4. The van der Waals surface area contributed by atoms with Gasteiger partial charge in [-0.05, 0) is 48.5 Å². The van der Waals surface area contributed by atoms with Crippen molar-refractivity contribution >= 4 is 11.6 Å². The molecule has 32 heavy (non-hydrogen) atoms. The number of nitrogens with one attached hydrogen (secondary N) is 1. The minimum atomic E-state index is -0.196. The van der Waals surface area contributed by atoms with Crippen molar-refractivity contribution in [3.8, 4) is 17.1 Å². The Morgan fingerprint density at radius 1 is 1.03 bits per heavy atom. The fraction of sp³-hybridized carbons (Fsp3) is 0.375. The Labute approximate surface area is 188 Å². The van der Waals surface area contributed by atoms with Gasteiger partial charge in [-0.3, -0.25) is 9.69 Å². The van der Waals surface area contributed by atoms with E-state index in [0.29, 0.717) is 5.82 Å². The molecule has 8 heteroatoms. The summed E-state index contributed by atoms with van der Waals surface area (Å²) in [6, 6.07) is 15.3. The van der Waals surface area contributed by atoms with E-state index in [1.54, 1.807) is 7.11 Å². The third-order valence-electron chi connectivity index (χ3n) is 5.68. The van der Waals surface area contributed by atoms with Gasteiger partial charge in [-0.1, -0.05) is 24.2 Å².